The van der Waals surface area contributed by atoms with Crippen LogP contribution in [0.25, 0.3) is 0 Å². The predicted molar refractivity (Wildman–Crippen MR) is 61.5 cm³/mol. The molecule has 0 heterocycles. The van der Waals surface area contributed by atoms with Gasteiger partial charge < -0.3 is 0 Å². The fourth-order valence-corrected chi connectivity index (χ4v) is 2.74. The van der Waals surface area contributed by atoms with E-state index < -0.39 is 0 Å². The third kappa shape index (κ3) is 1.58. The second-order valence-corrected chi connectivity index (χ2v) is 5.15. The summed E-state index contributed by atoms with van der Waals surface area (Å²) < 4.78 is 13.9. The van der Waals surface area contributed by atoms with Gasteiger partial charge in [0, 0.05) is 5.41 Å². The maximum atomic E-state index is 13.9. The Morgan fingerprint density at radius 1 is 1.27 bits per heavy atom. The number of rotatable bonds is 2. The number of benzene rings is 1. The molecule has 0 aromatic heterocycles. The molecular weight excluding hydrogens is 187 g/mol. The van der Waals surface area contributed by atoms with Gasteiger partial charge in [-0.2, -0.15) is 0 Å². The Kier molecular flexibility index (Phi) is 2.57. The van der Waals surface area contributed by atoms with E-state index in [-0.39, 0.29) is 11.2 Å². The van der Waals surface area contributed by atoms with Crippen LogP contribution in [0.3, 0.4) is 0 Å². The van der Waals surface area contributed by atoms with Crippen LogP contribution in [0.4, 0.5) is 4.39 Å². The number of hydrogen-bond donors (Lipinski definition) is 0. The van der Waals surface area contributed by atoms with Gasteiger partial charge in [-0.1, -0.05) is 32.4 Å². The topological polar surface area (TPSA) is 0 Å². The van der Waals surface area contributed by atoms with Gasteiger partial charge in [0.05, 0.1) is 0 Å². The summed E-state index contributed by atoms with van der Waals surface area (Å²) in [4.78, 5) is 0. The van der Waals surface area contributed by atoms with E-state index in [0.29, 0.717) is 5.92 Å². The highest BCUT2D eigenvalue weighted by molar-refractivity contribution is 5.33. The van der Waals surface area contributed by atoms with Gasteiger partial charge in [0.15, 0.2) is 0 Å². The lowest BCUT2D eigenvalue weighted by atomic mass is 9.58. The standard InChI is InChI=1S/C14H19F/c1-10(2)14(7-4-8-14)12-6-5-11(3)9-13(12)15/h5-6,9-10H,4,7-8H2,1-3H3. The number of hydrogen-bond acceptors (Lipinski definition) is 0. The first-order chi connectivity index (χ1) is 7.06. The lowest BCUT2D eigenvalue weighted by Crippen LogP contribution is -2.40. The Morgan fingerprint density at radius 3 is 2.33 bits per heavy atom. The third-order valence-corrected chi connectivity index (χ3v) is 4.01. The van der Waals surface area contributed by atoms with Gasteiger partial charge >= 0.3 is 0 Å². The maximum absolute atomic E-state index is 13.9. The van der Waals surface area contributed by atoms with Gasteiger partial charge in [0.2, 0.25) is 0 Å². The van der Waals surface area contributed by atoms with Crippen LogP contribution < -0.4 is 0 Å². The maximum Gasteiger partial charge on any atom is 0.127 e. The summed E-state index contributed by atoms with van der Waals surface area (Å²) in [5, 5.41) is 0. The van der Waals surface area contributed by atoms with Crippen LogP contribution in [0.5, 0.6) is 0 Å². The predicted octanol–water partition coefficient (Wildman–Crippen LogP) is 4.21. The molecule has 15 heavy (non-hydrogen) atoms. The van der Waals surface area contributed by atoms with Crippen molar-refractivity contribution >= 4 is 0 Å². The molecule has 0 bridgehead atoms. The highest BCUT2D eigenvalue weighted by Crippen LogP contribution is 2.49. The van der Waals surface area contributed by atoms with E-state index in [1.54, 1.807) is 6.07 Å². The van der Waals surface area contributed by atoms with E-state index in [4.69, 9.17) is 0 Å². The van der Waals surface area contributed by atoms with Crippen LogP contribution >= 0.6 is 0 Å². The van der Waals surface area contributed by atoms with Crippen LogP contribution in [-0.2, 0) is 5.41 Å². The second kappa shape index (κ2) is 3.62. The van der Waals surface area contributed by atoms with Crippen molar-refractivity contribution in [2.45, 2.75) is 45.4 Å². The smallest absolute Gasteiger partial charge is 0.127 e. The lowest BCUT2D eigenvalue weighted by Gasteiger charge is -2.46. The van der Waals surface area contributed by atoms with Crippen LogP contribution in [0.2, 0.25) is 0 Å². The minimum atomic E-state index is -0.0107. The van der Waals surface area contributed by atoms with E-state index in [0.717, 1.165) is 24.0 Å². The Labute approximate surface area is 91.5 Å². The quantitative estimate of drug-likeness (QED) is 0.680. The highest BCUT2D eigenvalue weighted by Gasteiger charge is 2.42. The summed E-state index contributed by atoms with van der Waals surface area (Å²) >= 11 is 0. The normalized spacial score (nSPS) is 19.0. The summed E-state index contributed by atoms with van der Waals surface area (Å²) in [5.41, 5.74) is 2.07. The van der Waals surface area contributed by atoms with E-state index >= 15 is 0 Å². The average Bonchev–Trinajstić information content (AvgIpc) is 2.05. The lowest BCUT2D eigenvalue weighted by molar-refractivity contribution is 0.163. The molecule has 1 aliphatic rings. The van der Waals surface area contributed by atoms with E-state index in [2.05, 4.69) is 13.8 Å². The number of halogens is 1. The molecule has 0 amide bonds. The van der Waals surface area contributed by atoms with Gasteiger partial charge in [0.1, 0.15) is 5.82 Å². The van der Waals surface area contributed by atoms with Crippen LogP contribution in [0.1, 0.15) is 44.2 Å². The molecule has 82 valence electrons. The molecule has 1 aromatic rings. The van der Waals surface area contributed by atoms with E-state index in [1.165, 1.54) is 6.42 Å². The molecule has 0 nitrogen and oxygen atoms in total. The molecule has 2 rings (SSSR count). The molecule has 0 radical (unpaired) electrons. The van der Waals surface area contributed by atoms with Gasteiger partial charge in [-0.3, -0.25) is 0 Å². The highest BCUT2D eigenvalue weighted by atomic mass is 19.1. The summed E-state index contributed by atoms with van der Waals surface area (Å²) in [5.74, 6) is 0.520. The van der Waals surface area contributed by atoms with Crippen molar-refractivity contribution in [3.63, 3.8) is 0 Å². The average molecular weight is 206 g/mol. The van der Waals surface area contributed by atoms with Gasteiger partial charge in [-0.05, 0) is 42.9 Å². The fraction of sp³-hybridized carbons (Fsp3) is 0.571. The van der Waals surface area contributed by atoms with Crippen molar-refractivity contribution in [1.29, 1.82) is 0 Å². The molecule has 1 saturated carbocycles. The summed E-state index contributed by atoms with van der Waals surface area (Å²) in [6.45, 7) is 6.35. The van der Waals surface area contributed by atoms with Crippen LogP contribution in [-0.4, -0.2) is 0 Å². The molecule has 1 heteroatoms. The van der Waals surface area contributed by atoms with E-state index in [1.807, 2.05) is 19.1 Å². The zero-order chi connectivity index (χ0) is 11.1. The van der Waals surface area contributed by atoms with Crippen LogP contribution in [0, 0.1) is 18.7 Å². The zero-order valence-electron chi connectivity index (χ0n) is 9.81. The molecule has 1 fully saturated rings. The largest absolute Gasteiger partial charge is 0.207 e. The van der Waals surface area contributed by atoms with Crippen LogP contribution in [0.15, 0.2) is 18.2 Å². The Hall–Kier alpha value is -0.850. The molecule has 0 aliphatic heterocycles. The Balaban J connectivity index is 2.43. The van der Waals surface area contributed by atoms with Crippen molar-refractivity contribution in [3.8, 4) is 0 Å². The fourth-order valence-electron chi connectivity index (χ4n) is 2.74. The zero-order valence-corrected chi connectivity index (χ0v) is 9.81. The van der Waals surface area contributed by atoms with Gasteiger partial charge in [-0.15, -0.1) is 0 Å². The third-order valence-electron chi connectivity index (χ3n) is 4.01. The monoisotopic (exact) mass is 206 g/mol. The molecule has 0 unspecified atom stereocenters. The first-order valence-corrected chi connectivity index (χ1v) is 5.83. The number of aryl methyl sites for hydroxylation is 1. The van der Waals surface area contributed by atoms with Crippen molar-refractivity contribution < 1.29 is 4.39 Å². The van der Waals surface area contributed by atoms with Crippen molar-refractivity contribution in [2.24, 2.45) is 5.92 Å². The molecule has 0 saturated heterocycles. The molecule has 0 atom stereocenters. The molecule has 0 N–H and O–H groups in total. The SMILES string of the molecule is Cc1ccc(C2(C(C)C)CCC2)c(F)c1. The van der Waals surface area contributed by atoms with E-state index in [9.17, 15) is 4.39 Å². The minimum absolute atomic E-state index is 0.0107. The van der Waals surface area contributed by atoms with Gasteiger partial charge in [-0.25, -0.2) is 4.39 Å². The molecule has 1 aliphatic carbocycles. The Morgan fingerprint density at radius 2 is 1.93 bits per heavy atom. The molecule has 0 spiro atoms. The Bertz CT molecular complexity index is 362. The van der Waals surface area contributed by atoms with Crippen molar-refractivity contribution in [3.05, 3.63) is 35.1 Å². The van der Waals surface area contributed by atoms with Crippen molar-refractivity contribution in [1.82, 2.24) is 0 Å². The van der Waals surface area contributed by atoms with Crippen molar-refractivity contribution in [2.75, 3.05) is 0 Å². The summed E-state index contributed by atoms with van der Waals surface area (Å²) in [6.07, 6.45) is 3.53. The summed E-state index contributed by atoms with van der Waals surface area (Å²) in [7, 11) is 0. The minimum Gasteiger partial charge on any atom is -0.207 e. The second-order valence-electron chi connectivity index (χ2n) is 5.15. The molecule has 1 aromatic carbocycles. The molecular formula is C14H19F. The first-order valence-electron chi connectivity index (χ1n) is 5.83. The summed E-state index contributed by atoms with van der Waals surface area (Å²) in [6, 6.07) is 5.68. The first kappa shape index (κ1) is 10.7. The van der Waals surface area contributed by atoms with Gasteiger partial charge in [0.25, 0.3) is 0 Å².